The van der Waals surface area contributed by atoms with Gasteiger partial charge in [0.2, 0.25) is 5.91 Å². The number of nitrogens with one attached hydrogen (secondary N) is 2. The average molecular weight is 284 g/mol. The lowest BCUT2D eigenvalue weighted by Crippen LogP contribution is -2.43. The van der Waals surface area contributed by atoms with Gasteiger partial charge in [0.1, 0.15) is 0 Å². The zero-order valence-electron chi connectivity index (χ0n) is 11.5. The number of carbonyl (C=O) groups is 2. The van der Waals surface area contributed by atoms with Crippen LogP contribution in [0, 0.1) is 6.92 Å². The molecule has 0 atom stereocenters. The third-order valence-corrected chi connectivity index (χ3v) is 3.12. The van der Waals surface area contributed by atoms with Crippen molar-refractivity contribution in [1.29, 1.82) is 0 Å². The van der Waals surface area contributed by atoms with Crippen LogP contribution in [0.1, 0.15) is 24.0 Å². The maximum atomic E-state index is 11.6. The second kappa shape index (κ2) is 7.85. The first kappa shape index (κ1) is 15.6. The normalized spacial score (nSPS) is 10.5. The van der Waals surface area contributed by atoms with Crippen LogP contribution in [0.25, 0.3) is 0 Å². The van der Waals surface area contributed by atoms with E-state index >= 15 is 0 Å². The maximum absolute atomic E-state index is 11.6. The summed E-state index contributed by atoms with van der Waals surface area (Å²) in [4.78, 5) is 29.0. The van der Waals surface area contributed by atoms with E-state index in [9.17, 15) is 9.59 Å². The van der Waals surface area contributed by atoms with Gasteiger partial charge in [0.15, 0.2) is 0 Å². The number of aryl methyl sites for hydroxylation is 1. The molecule has 0 aliphatic rings. The highest BCUT2D eigenvalue weighted by atomic mass is 32.1. The van der Waals surface area contributed by atoms with Crippen molar-refractivity contribution in [2.45, 2.75) is 26.8 Å². The molecule has 1 aromatic heterocycles. The molecule has 0 radical (unpaired) electrons. The second-order valence-corrected chi connectivity index (χ2v) is 5.40. The molecular weight excluding hydrogens is 264 g/mol. The van der Waals surface area contributed by atoms with Gasteiger partial charge in [0.25, 0.3) is 0 Å². The Morgan fingerprint density at radius 1 is 1.47 bits per heavy atom. The summed E-state index contributed by atoms with van der Waals surface area (Å²) in [6.07, 6.45) is 0.838. The number of imide groups is 1. The summed E-state index contributed by atoms with van der Waals surface area (Å²) in [5.74, 6) is -0.317. The van der Waals surface area contributed by atoms with Gasteiger partial charge in [-0.15, -0.1) is 11.3 Å². The van der Waals surface area contributed by atoms with Crippen molar-refractivity contribution in [1.82, 2.24) is 20.5 Å². The Kier molecular flexibility index (Phi) is 6.44. The number of nitrogens with zero attached hydrogens (tertiary/aromatic N) is 2. The van der Waals surface area contributed by atoms with E-state index < -0.39 is 6.03 Å². The van der Waals surface area contributed by atoms with Crippen LogP contribution in [0.3, 0.4) is 0 Å². The van der Waals surface area contributed by atoms with E-state index in [1.165, 1.54) is 0 Å². The molecule has 106 valence electrons. The highest BCUT2D eigenvalue weighted by Gasteiger charge is 2.11. The fourth-order valence-electron chi connectivity index (χ4n) is 1.51. The van der Waals surface area contributed by atoms with Crippen molar-refractivity contribution >= 4 is 23.3 Å². The van der Waals surface area contributed by atoms with Gasteiger partial charge in [-0.2, -0.15) is 0 Å². The zero-order chi connectivity index (χ0) is 14.3. The number of hydrogen-bond donors (Lipinski definition) is 2. The number of hydrogen-bond acceptors (Lipinski definition) is 5. The molecule has 0 unspecified atom stereocenters. The molecule has 7 heteroatoms. The molecule has 6 nitrogen and oxygen atoms in total. The van der Waals surface area contributed by atoms with E-state index in [0.717, 1.165) is 17.1 Å². The third-order valence-electron chi connectivity index (χ3n) is 2.30. The molecule has 1 aromatic rings. The largest absolute Gasteiger partial charge is 0.338 e. The van der Waals surface area contributed by atoms with Crippen LogP contribution in [-0.2, 0) is 11.3 Å². The summed E-state index contributed by atoms with van der Waals surface area (Å²) >= 11 is 1.58. The Hall–Kier alpha value is -1.47. The molecule has 3 amide bonds. The standard InChI is InChI=1S/C12H20N4O2S/c1-4-5-13-12(18)15-11(17)7-16(3)6-10-8-19-9(2)14-10/h8H,4-7H2,1-3H3,(H2,13,15,17,18). The van der Waals surface area contributed by atoms with E-state index in [0.29, 0.717) is 13.1 Å². The van der Waals surface area contributed by atoms with Gasteiger partial charge in [-0.05, 0) is 20.4 Å². The van der Waals surface area contributed by atoms with Gasteiger partial charge in [0, 0.05) is 18.5 Å². The smallest absolute Gasteiger partial charge is 0.321 e. The van der Waals surface area contributed by atoms with Crippen molar-refractivity contribution in [2.24, 2.45) is 0 Å². The van der Waals surface area contributed by atoms with Gasteiger partial charge in [0.05, 0.1) is 17.2 Å². The van der Waals surface area contributed by atoms with Crippen LogP contribution < -0.4 is 10.6 Å². The average Bonchev–Trinajstić information content (AvgIpc) is 2.71. The fourth-order valence-corrected chi connectivity index (χ4v) is 2.11. The first-order valence-corrected chi connectivity index (χ1v) is 7.06. The van der Waals surface area contributed by atoms with E-state index in [4.69, 9.17) is 0 Å². The number of aromatic nitrogens is 1. The van der Waals surface area contributed by atoms with Crippen molar-refractivity contribution in [3.63, 3.8) is 0 Å². The van der Waals surface area contributed by atoms with E-state index in [-0.39, 0.29) is 12.5 Å². The van der Waals surface area contributed by atoms with Crippen molar-refractivity contribution < 1.29 is 9.59 Å². The lowest BCUT2D eigenvalue weighted by atomic mass is 10.4. The number of rotatable bonds is 6. The summed E-state index contributed by atoms with van der Waals surface area (Å²) in [5.41, 5.74) is 0.938. The molecular formula is C12H20N4O2S. The molecule has 0 aromatic carbocycles. The monoisotopic (exact) mass is 284 g/mol. The predicted octanol–water partition coefficient (Wildman–Crippen LogP) is 1.12. The van der Waals surface area contributed by atoms with Gasteiger partial charge in [-0.1, -0.05) is 6.92 Å². The molecule has 0 saturated heterocycles. The van der Waals surface area contributed by atoms with Gasteiger partial charge in [-0.25, -0.2) is 9.78 Å². The first-order valence-electron chi connectivity index (χ1n) is 6.18. The minimum Gasteiger partial charge on any atom is -0.338 e. The molecule has 0 bridgehead atoms. The summed E-state index contributed by atoms with van der Waals surface area (Å²) < 4.78 is 0. The topological polar surface area (TPSA) is 74.3 Å². The Labute approximate surface area is 117 Å². The summed E-state index contributed by atoms with van der Waals surface area (Å²) in [7, 11) is 1.82. The van der Waals surface area contributed by atoms with E-state index in [1.807, 2.05) is 31.2 Å². The number of amides is 3. The molecule has 2 N–H and O–H groups in total. The maximum Gasteiger partial charge on any atom is 0.321 e. The Balaban J connectivity index is 2.29. The quantitative estimate of drug-likeness (QED) is 0.821. The Morgan fingerprint density at radius 3 is 2.79 bits per heavy atom. The van der Waals surface area contributed by atoms with Gasteiger partial charge in [-0.3, -0.25) is 15.0 Å². The molecule has 0 aliphatic carbocycles. The molecule has 1 heterocycles. The fraction of sp³-hybridized carbons (Fsp3) is 0.583. The third kappa shape index (κ3) is 6.30. The Bertz CT molecular complexity index is 433. The minimum atomic E-state index is -0.440. The van der Waals surface area contributed by atoms with Crippen LogP contribution in [0.5, 0.6) is 0 Å². The van der Waals surface area contributed by atoms with Crippen LogP contribution in [0.2, 0.25) is 0 Å². The van der Waals surface area contributed by atoms with Crippen LogP contribution >= 0.6 is 11.3 Å². The van der Waals surface area contributed by atoms with E-state index in [2.05, 4.69) is 15.6 Å². The highest BCUT2D eigenvalue weighted by molar-refractivity contribution is 7.09. The lowest BCUT2D eigenvalue weighted by Gasteiger charge is -2.14. The van der Waals surface area contributed by atoms with Gasteiger partial charge < -0.3 is 5.32 Å². The number of thiazole rings is 1. The molecule has 19 heavy (non-hydrogen) atoms. The number of likely N-dealkylation sites (N-methyl/N-ethyl adjacent to an activating group) is 1. The SMILES string of the molecule is CCCNC(=O)NC(=O)CN(C)Cc1csc(C)n1. The molecule has 1 rings (SSSR count). The number of carbonyl (C=O) groups excluding carboxylic acids is 2. The summed E-state index contributed by atoms with van der Waals surface area (Å²) in [5, 5.41) is 7.85. The lowest BCUT2D eigenvalue weighted by molar-refractivity contribution is -0.120. The molecule has 0 saturated carbocycles. The van der Waals surface area contributed by atoms with Gasteiger partial charge >= 0.3 is 6.03 Å². The second-order valence-electron chi connectivity index (χ2n) is 4.33. The zero-order valence-corrected chi connectivity index (χ0v) is 12.3. The summed E-state index contributed by atoms with van der Waals surface area (Å²) in [6, 6.07) is -0.440. The molecule has 0 fully saturated rings. The first-order chi connectivity index (χ1) is 9.01. The summed E-state index contributed by atoms with van der Waals surface area (Å²) in [6.45, 7) is 5.21. The van der Waals surface area contributed by atoms with Crippen molar-refractivity contribution in [3.05, 3.63) is 16.1 Å². The van der Waals surface area contributed by atoms with Crippen molar-refractivity contribution in [2.75, 3.05) is 20.1 Å². The minimum absolute atomic E-state index is 0.163. The van der Waals surface area contributed by atoms with Crippen LogP contribution in [-0.4, -0.2) is 42.0 Å². The molecule has 0 spiro atoms. The van der Waals surface area contributed by atoms with E-state index in [1.54, 1.807) is 11.3 Å². The van der Waals surface area contributed by atoms with Crippen LogP contribution in [0.4, 0.5) is 4.79 Å². The molecule has 0 aliphatic heterocycles. The highest BCUT2D eigenvalue weighted by Crippen LogP contribution is 2.09. The predicted molar refractivity (Wildman–Crippen MR) is 75.0 cm³/mol. The van der Waals surface area contributed by atoms with Crippen molar-refractivity contribution in [3.8, 4) is 0 Å². The van der Waals surface area contributed by atoms with Crippen LogP contribution in [0.15, 0.2) is 5.38 Å². The Morgan fingerprint density at radius 2 is 2.21 bits per heavy atom. The number of urea groups is 1.